The Labute approximate surface area is 143 Å². The summed E-state index contributed by atoms with van der Waals surface area (Å²) in [4.78, 5) is 12.3. The van der Waals surface area contributed by atoms with Gasteiger partial charge in [-0.25, -0.2) is 8.42 Å². The zero-order chi connectivity index (χ0) is 17.2. The first-order valence-corrected chi connectivity index (χ1v) is 10.2. The maximum absolute atomic E-state index is 12.3. The third-order valence-electron chi connectivity index (χ3n) is 4.63. The lowest BCUT2D eigenvalue weighted by Gasteiger charge is -2.30. The standard InChI is InChI=1S/C17H24N2O4S/c1-2-24(21,22)19-9-3-5-13-11-14(7-8-16(13)19)17(20)18-12-15-6-4-10-23-15/h7-8,11,15H,2-6,9-10,12H2,1H3,(H,18,20)/t15-/m0/s1. The molecule has 7 heteroatoms. The molecule has 1 N–H and O–H groups in total. The number of sulfonamides is 1. The molecule has 0 spiro atoms. The van der Waals surface area contributed by atoms with Gasteiger partial charge in [-0.1, -0.05) is 0 Å². The van der Waals surface area contributed by atoms with Crippen molar-refractivity contribution in [2.24, 2.45) is 0 Å². The van der Waals surface area contributed by atoms with Crippen LogP contribution in [-0.4, -0.2) is 45.9 Å². The van der Waals surface area contributed by atoms with Gasteiger partial charge in [0.25, 0.3) is 5.91 Å². The van der Waals surface area contributed by atoms with E-state index < -0.39 is 10.0 Å². The van der Waals surface area contributed by atoms with E-state index in [1.54, 1.807) is 19.1 Å². The molecule has 1 aromatic rings. The van der Waals surface area contributed by atoms with Crippen LogP contribution in [-0.2, 0) is 21.2 Å². The second-order valence-corrected chi connectivity index (χ2v) is 8.45. The van der Waals surface area contributed by atoms with Crippen LogP contribution in [0.25, 0.3) is 0 Å². The summed E-state index contributed by atoms with van der Waals surface area (Å²) in [5.41, 5.74) is 2.20. The Morgan fingerprint density at radius 1 is 1.38 bits per heavy atom. The van der Waals surface area contributed by atoms with Crippen LogP contribution in [0.4, 0.5) is 5.69 Å². The largest absolute Gasteiger partial charge is 0.376 e. The minimum atomic E-state index is -3.27. The first kappa shape index (κ1) is 17.2. The number of aryl methyl sites for hydroxylation is 1. The molecule has 0 unspecified atom stereocenters. The lowest BCUT2D eigenvalue weighted by Crippen LogP contribution is -2.37. The number of hydrogen-bond acceptors (Lipinski definition) is 4. The number of carbonyl (C=O) groups excluding carboxylic acids is 1. The molecule has 1 amide bonds. The van der Waals surface area contributed by atoms with Crippen molar-refractivity contribution in [2.45, 2.75) is 38.7 Å². The van der Waals surface area contributed by atoms with Gasteiger partial charge in [-0.2, -0.15) is 0 Å². The summed E-state index contributed by atoms with van der Waals surface area (Å²) in [6, 6.07) is 5.27. The van der Waals surface area contributed by atoms with Crippen LogP contribution in [0.15, 0.2) is 18.2 Å². The smallest absolute Gasteiger partial charge is 0.251 e. The summed E-state index contributed by atoms with van der Waals surface area (Å²) in [5.74, 6) is -0.0560. The molecule has 2 heterocycles. The fourth-order valence-corrected chi connectivity index (χ4v) is 4.46. The molecule has 0 saturated carbocycles. The Kier molecular flexibility index (Phi) is 5.10. The fourth-order valence-electron chi connectivity index (χ4n) is 3.26. The van der Waals surface area contributed by atoms with E-state index in [4.69, 9.17) is 4.74 Å². The topological polar surface area (TPSA) is 75.7 Å². The van der Waals surface area contributed by atoms with Crippen LogP contribution in [0.3, 0.4) is 0 Å². The van der Waals surface area contributed by atoms with Crippen molar-refractivity contribution in [2.75, 3.05) is 29.8 Å². The monoisotopic (exact) mass is 352 g/mol. The van der Waals surface area contributed by atoms with E-state index in [2.05, 4.69) is 5.32 Å². The Morgan fingerprint density at radius 2 is 2.21 bits per heavy atom. The molecule has 132 valence electrons. The van der Waals surface area contributed by atoms with E-state index in [0.717, 1.165) is 37.9 Å². The van der Waals surface area contributed by atoms with Crippen molar-refractivity contribution in [3.63, 3.8) is 0 Å². The number of nitrogens with one attached hydrogen (secondary N) is 1. The van der Waals surface area contributed by atoms with Crippen molar-refractivity contribution in [3.05, 3.63) is 29.3 Å². The summed E-state index contributed by atoms with van der Waals surface area (Å²) < 4.78 is 31.4. The lowest BCUT2D eigenvalue weighted by molar-refractivity contribution is 0.0857. The van der Waals surface area contributed by atoms with Gasteiger partial charge in [-0.3, -0.25) is 9.10 Å². The van der Waals surface area contributed by atoms with Gasteiger partial charge in [0, 0.05) is 25.3 Å². The highest BCUT2D eigenvalue weighted by Crippen LogP contribution is 2.30. The average molecular weight is 352 g/mol. The number of carbonyl (C=O) groups is 1. The minimum Gasteiger partial charge on any atom is -0.376 e. The normalized spacial score (nSPS) is 20.7. The number of anilines is 1. The minimum absolute atomic E-state index is 0.0794. The fraction of sp³-hybridized carbons (Fsp3) is 0.588. The van der Waals surface area contributed by atoms with Gasteiger partial charge in [-0.15, -0.1) is 0 Å². The maximum atomic E-state index is 12.3. The molecule has 1 aromatic carbocycles. The van der Waals surface area contributed by atoms with Crippen molar-refractivity contribution >= 4 is 21.6 Å². The van der Waals surface area contributed by atoms with Crippen LogP contribution < -0.4 is 9.62 Å². The highest BCUT2D eigenvalue weighted by atomic mass is 32.2. The van der Waals surface area contributed by atoms with Crippen LogP contribution >= 0.6 is 0 Å². The van der Waals surface area contributed by atoms with Crippen molar-refractivity contribution in [1.29, 1.82) is 0 Å². The average Bonchev–Trinajstić information content (AvgIpc) is 3.12. The summed E-state index contributed by atoms with van der Waals surface area (Å²) in [6.45, 7) is 3.44. The molecule has 24 heavy (non-hydrogen) atoms. The van der Waals surface area contributed by atoms with Gasteiger partial charge in [0.1, 0.15) is 0 Å². The second-order valence-electron chi connectivity index (χ2n) is 6.26. The van der Waals surface area contributed by atoms with E-state index in [1.165, 1.54) is 4.31 Å². The third kappa shape index (κ3) is 3.57. The van der Waals surface area contributed by atoms with Crippen molar-refractivity contribution in [3.8, 4) is 0 Å². The lowest BCUT2D eigenvalue weighted by atomic mass is 10.0. The number of fused-ring (bicyclic) bond motifs is 1. The van der Waals surface area contributed by atoms with Crippen molar-refractivity contribution in [1.82, 2.24) is 5.32 Å². The zero-order valence-corrected chi connectivity index (χ0v) is 14.8. The number of benzene rings is 1. The maximum Gasteiger partial charge on any atom is 0.251 e. The van der Waals surface area contributed by atoms with Crippen LogP contribution in [0.2, 0.25) is 0 Å². The Morgan fingerprint density at radius 3 is 2.92 bits per heavy atom. The molecule has 2 aliphatic heterocycles. The van der Waals surface area contributed by atoms with Crippen molar-refractivity contribution < 1.29 is 17.9 Å². The number of ether oxygens (including phenoxy) is 1. The van der Waals surface area contributed by atoms with E-state index >= 15 is 0 Å². The quantitative estimate of drug-likeness (QED) is 0.875. The van der Waals surface area contributed by atoms with E-state index in [-0.39, 0.29) is 17.8 Å². The second kappa shape index (κ2) is 7.11. The SMILES string of the molecule is CCS(=O)(=O)N1CCCc2cc(C(=O)NC[C@@H]3CCCO3)ccc21. The predicted octanol–water partition coefficient (Wildman–Crippen LogP) is 1.70. The molecule has 1 saturated heterocycles. The highest BCUT2D eigenvalue weighted by Gasteiger charge is 2.26. The molecule has 0 radical (unpaired) electrons. The summed E-state index contributed by atoms with van der Waals surface area (Å²) in [6.07, 6.45) is 3.69. The molecule has 0 aromatic heterocycles. The van der Waals surface area contributed by atoms with Gasteiger partial charge >= 0.3 is 0 Å². The molecule has 1 fully saturated rings. The van der Waals surface area contributed by atoms with Gasteiger partial charge in [0.2, 0.25) is 10.0 Å². The summed E-state index contributed by atoms with van der Waals surface area (Å²) in [5, 5.41) is 2.90. The molecule has 1 atom stereocenters. The highest BCUT2D eigenvalue weighted by molar-refractivity contribution is 7.92. The Hall–Kier alpha value is -1.60. The Balaban J connectivity index is 1.74. The molecule has 0 aliphatic carbocycles. The number of amides is 1. The molecule has 6 nitrogen and oxygen atoms in total. The van der Waals surface area contributed by atoms with Gasteiger partial charge in [0.15, 0.2) is 0 Å². The summed E-state index contributed by atoms with van der Waals surface area (Å²) >= 11 is 0. The van der Waals surface area contributed by atoms with E-state index in [9.17, 15) is 13.2 Å². The molecular formula is C17H24N2O4S. The number of nitrogens with zero attached hydrogens (tertiary/aromatic N) is 1. The molecular weight excluding hydrogens is 328 g/mol. The van der Waals surface area contributed by atoms with Crippen LogP contribution in [0.5, 0.6) is 0 Å². The Bertz CT molecular complexity index is 711. The zero-order valence-electron chi connectivity index (χ0n) is 14.0. The number of hydrogen-bond donors (Lipinski definition) is 1. The molecule has 0 bridgehead atoms. The third-order valence-corrected chi connectivity index (χ3v) is 6.41. The molecule has 3 rings (SSSR count). The van der Waals surface area contributed by atoms with Gasteiger partial charge in [0.05, 0.1) is 17.5 Å². The van der Waals surface area contributed by atoms with E-state index in [1.807, 2.05) is 6.07 Å². The van der Waals surface area contributed by atoms with E-state index in [0.29, 0.717) is 24.3 Å². The van der Waals surface area contributed by atoms with Crippen LogP contribution in [0.1, 0.15) is 42.1 Å². The summed E-state index contributed by atoms with van der Waals surface area (Å²) in [7, 11) is -3.27. The molecule has 2 aliphatic rings. The van der Waals surface area contributed by atoms with Gasteiger partial charge in [-0.05, 0) is 56.4 Å². The first-order valence-electron chi connectivity index (χ1n) is 8.54. The van der Waals surface area contributed by atoms with Crippen LogP contribution in [0, 0.1) is 0 Å². The first-order chi connectivity index (χ1) is 11.5. The van der Waals surface area contributed by atoms with Gasteiger partial charge < -0.3 is 10.1 Å². The predicted molar refractivity (Wildman–Crippen MR) is 92.9 cm³/mol. The number of rotatable bonds is 5.